The Morgan fingerprint density at radius 1 is 0.853 bits per heavy atom. The number of carbonyl (C=O) groups is 1. The number of ether oxygens (including phenoxy) is 1. The van der Waals surface area contributed by atoms with E-state index in [2.05, 4.69) is 55.0 Å². The fourth-order valence-corrected chi connectivity index (χ4v) is 11.8. The Morgan fingerprint density at radius 2 is 1.56 bits per heavy atom. The third-order valence-corrected chi connectivity index (χ3v) is 13.8. The van der Waals surface area contributed by atoms with Crippen molar-refractivity contribution in [3.05, 3.63) is 12.2 Å². The number of hydrogen-bond acceptors (Lipinski definition) is 2. The molecule has 0 N–H and O–H groups in total. The van der Waals surface area contributed by atoms with Gasteiger partial charge in [0.25, 0.3) is 0 Å². The summed E-state index contributed by atoms with van der Waals surface area (Å²) in [5.74, 6) is 3.64. The highest BCUT2D eigenvalue weighted by atomic mass is 16.5. The Bertz CT molecular complexity index is 872. The summed E-state index contributed by atoms with van der Waals surface area (Å²) in [6.45, 7) is 24.2. The number of carbonyl (C=O) groups excluding carboxylic acids is 1. The topological polar surface area (TPSA) is 26.3 Å². The Labute approximate surface area is 210 Å². The first-order valence-electron chi connectivity index (χ1n) is 14.6. The van der Waals surface area contributed by atoms with Crippen molar-refractivity contribution in [2.75, 3.05) is 0 Å². The minimum Gasteiger partial charge on any atom is -0.462 e. The smallest absolute Gasteiger partial charge is 0.302 e. The molecule has 0 saturated heterocycles. The van der Waals surface area contributed by atoms with Crippen LogP contribution >= 0.6 is 0 Å². The van der Waals surface area contributed by atoms with Gasteiger partial charge in [-0.2, -0.15) is 0 Å². The van der Waals surface area contributed by atoms with Gasteiger partial charge in [-0.05, 0) is 115 Å². The molecule has 5 fully saturated rings. The molecule has 0 spiro atoms. The molecule has 0 heterocycles. The SMILES string of the molecule is C=C1CC[C@@]2(C)CC[C@@]3(C)[C@@H](CC[C@H]4[C@]5(C)CC[C@@H](OC(C)=O)C(C)(C)[C@H]5CC[C@@]43C)[C@@H]2[C@H]1C. The Balaban J connectivity index is 1.50. The molecule has 0 amide bonds. The van der Waals surface area contributed by atoms with Crippen LogP contribution in [0.15, 0.2) is 12.2 Å². The van der Waals surface area contributed by atoms with Crippen LogP contribution in [0, 0.1) is 56.7 Å². The van der Waals surface area contributed by atoms with E-state index in [0.717, 1.165) is 24.2 Å². The van der Waals surface area contributed by atoms with Crippen LogP contribution in [0.4, 0.5) is 0 Å². The zero-order valence-electron chi connectivity index (χ0n) is 23.6. The van der Waals surface area contributed by atoms with Crippen molar-refractivity contribution in [3.8, 4) is 0 Å². The average molecular weight is 469 g/mol. The van der Waals surface area contributed by atoms with Gasteiger partial charge in [-0.25, -0.2) is 0 Å². The van der Waals surface area contributed by atoms with Gasteiger partial charge in [0.1, 0.15) is 6.10 Å². The minimum atomic E-state index is -0.108. The summed E-state index contributed by atoms with van der Waals surface area (Å²) in [6, 6.07) is 0. The zero-order valence-corrected chi connectivity index (χ0v) is 23.6. The first kappa shape index (κ1) is 24.9. The zero-order chi connectivity index (χ0) is 24.9. The number of hydrogen-bond donors (Lipinski definition) is 0. The number of allylic oxidation sites excluding steroid dienone is 1. The molecule has 2 nitrogen and oxygen atoms in total. The Morgan fingerprint density at radius 3 is 2.24 bits per heavy atom. The van der Waals surface area contributed by atoms with Gasteiger partial charge in [0, 0.05) is 12.3 Å². The van der Waals surface area contributed by atoms with Crippen LogP contribution in [-0.2, 0) is 9.53 Å². The summed E-state index contributed by atoms with van der Waals surface area (Å²) in [4.78, 5) is 11.9. The molecule has 0 aliphatic heterocycles. The van der Waals surface area contributed by atoms with Crippen LogP contribution in [0.2, 0.25) is 0 Å². The predicted molar refractivity (Wildman–Crippen MR) is 140 cm³/mol. The third kappa shape index (κ3) is 3.08. The van der Waals surface area contributed by atoms with Gasteiger partial charge in [-0.1, -0.05) is 60.6 Å². The van der Waals surface area contributed by atoms with E-state index in [1.54, 1.807) is 6.92 Å². The molecule has 5 saturated carbocycles. The largest absolute Gasteiger partial charge is 0.462 e. The monoisotopic (exact) mass is 468 g/mol. The van der Waals surface area contributed by atoms with Crippen molar-refractivity contribution in [1.29, 1.82) is 0 Å². The van der Waals surface area contributed by atoms with Crippen LogP contribution in [0.3, 0.4) is 0 Å². The quantitative estimate of drug-likeness (QED) is 0.284. The maximum absolute atomic E-state index is 11.9. The third-order valence-electron chi connectivity index (χ3n) is 13.8. The standard InChI is InChI=1S/C32H52O2/c1-20-12-15-29(6)18-19-31(8)23(27(29)21(20)2)10-11-25-30(7)16-14-26(34-22(3)33)28(4,5)24(30)13-17-32(25,31)9/h21,23-27H,1,10-19H2,2-9H3/t21-,23-,24+,25-,26+,27-,29-,30+,31-,32-/m0/s1. The van der Waals surface area contributed by atoms with E-state index in [1.165, 1.54) is 63.4 Å². The van der Waals surface area contributed by atoms with Crippen LogP contribution in [0.25, 0.3) is 0 Å². The molecule has 34 heavy (non-hydrogen) atoms. The minimum absolute atomic E-state index is 0.0541. The molecule has 0 unspecified atom stereocenters. The van der Waals surface area contributed by atoms with E-state index in [1.807, 2.05) is 0 Å². The summed E-state index contributed by atoms with van der Waals surface area (Å²) in [7, 11) is 0. The van der Waals surface area contributed by atoms with E-state index in [4.69, 9.17) is 4.74 Å². The van der Waals surface area contributed by atoms with Gasteiger partial charge >= 0.3 is 5.97 Å². The van der Waals surface area contributed by atoms with Crippen LogP contribution in [0.1, 0.15) is 120 Å². The Kier molecular flexibility index (Phi) is 5.57. The van der Waals surface area contributed by atoms with Gasteiger partial charge in [-0.3, -0.25) is 4.79 Å². The first-order valence-corrected chi connectivity index (χ1v) is 14.6. The van der Waals surface area contributed by atoms with Gasteiger partial charge in [0.05, 0.1) is 0 Å². The van der Waals surface area contributed by atoms with Crippen molar-refractivity contribution in [2.24, 2.45) is 56.7 Å². The van der Waals surface area contributed by atoms with Crippen molar-refractivity contribution >= 4 is 5.97 Å². The summed E-state index contributed by atoms with van der Waals surface area (Å²) in [5.41, 5.74) is 3.28. The lowest BCUT2D eigenvalue weighted by Gasteiger charge is -2.73. The van der Waals surface area contributed by atoms with Gasteiger partial charge in [0.2, 0.25) is 0 Å². The van der Waals surface area contributed by atoms with Crippen molar-refractivity contribution in [2.45, 2.75) is 126 Å². The van der Waals surface area contributed by atoms with Gasteiger partial charge in [0.15, 0.2) is 0 Å². The molecular weight excluding hydrogens is 416 g/mol. The lowest BCUT2D eigenvalue weighted by atomic mass is 9.31. The average Bonchev–Trinajstić information content (AvgIpc) is 2.74. The molecule has 0 radical (unpaired) electrons. The van der Waals surface area contributed by atoms with E-state index in [9.17, 15) is 4.79 Å². The predicted octanol–water partition coefficient (Wildman–Crippen LogP) is 8.60. The molecule has 5 aliphatic rings. The van der Waals surface area contributed by atoms with E-state index < -0.39 is 0 Å². The number of rotatable bonds is 1. The summed E-state index contributed by atoms with van der Waals surface area (Å²) in [5, 5.41) is 0. The Hall–Kier alpha value is -0.790. The molecule has 192 valence electrons. The molecule has 2 heteroatoms. The highest BCUT2D eigenvalue weighted by Gasteiger charge is 2.70. The molecule has 0 aromatic carbocycles. The molecule has 0 aromatic rings. The number of esters is 1. The second-order valence-corrected chi connectivity index (χ2v) is 15.3. The lowest BCUT2D eigenvalue weighted by molar-refractivity contribution is -0.253. The molecule has 5 aliphatic carbocycles. The van der Waals surface area contributed by atoms with Crippen molar-refractivity contribution in [3.63, 3.8) is 0 Å². The lowest BCUT2D eigenvalue weighted by Crippen LogP contribution is -2.67. The van der Waals surface area contributed by atoms with Crippen molar-refractivity contribution < 1.29 is 9.53 Å². The summed E-state index contributed by atoms with van der Waals surface area (Å²) >= 11 is 0. The fraction of sp³-hybridized carbons (Fsp3) is 0.906. The van der Waals surface area contributed by atoms with E-state index in [-0.39, 0.29) is 17.5 Å². The van der Waals surface area contributed by atoms with Crippen LogP contribution in [-0.4, -0.2) is 12.1 Å². The maximum atomic E-state index is 11.9. The second kappa shape index (κ2) is 7.61. The summed E-state index contributed by atoms with van der Waals surface area (Å²) in [6.07, 6.45) is 13.2. The second-order valence-electron chi connectivity index (χ2n) is 15.3. The first-order chi connectivity index (χ1) is 15.7. The van der Waals surface area contributed by atoms with E-state index in [0.29, 0.717) is 33.5 Å². The molecule has 0 aromatic heterocycles. The van der Waals surface area contributed by atoms with Gasteiger partial charge < -0.3 is 4.74 Å². The normalized spacial score (nSPS) is 54.2. The maximum Gasteiger partial charge on any atom is 0.302 e. The molecule has 10 atom stereocenters. The van der Waals surface area contributed by atoms with E-state index >= 15 is 0 Å². The fourth-order valence-electron chi connectivity index (χ4n) is 11.8. The van der Waals surface area contributed by atoms with Crippen molar-refractivity contribution in [1.82, 2.24) is 0 Å². The highest BCUT2D eigenvalue weighted by Crippen LogP contribution is 2.77. The summed E-state index contributed by atoms with van der Waals surface area (Å²) < 4.78 is 5.91. The molecule has 0 bridgehead atoms. The molecule has 5 rings (SSSR count). The highest BCUT2D eigenvalue weighted by molar-refractivity contribution is 5.66. The molecular formula is C32H52O2. The number of fused-ring (bicyclic) bond motifs is 7. The van der Waals surface area contributed by atoms with Crippen LogP contribution in [0.5, 0.6) is 0 Å². The van der Waals surface area contributed by atoms with Gasteiger partial charge in [-0.15, -0.1) is 0 Å². The van der Waals surface area contributed by atoms with Crippen LogP contribution < -0.4 is 0 Å².